The molecule has 7 heteroatoms. The molecule has 0 unspecified atom stereocenters. The van der Waals surface area contributed by atoms with Gasteiger partial charge in [0.25, 0.3) is 5.91 Å². The van der Waals surface area contributed by atoms with E-state index in [4.69, 9.17) is 16.8 Å². The molecular weight excluding hydrogens is 268 g/mol. The monoisotopic (exact) mass is 276 g/mol. The summed E-state index contributed by atoms with van der Waals surface area (Å²) < 4.78 is 1.75. The van der Waals surface area contributed by atoms with Gasteiger partial charge in [-0.2, -0.15) is 0 Å². The van der Waals surface area contributed by atoms with Crippen LogP contribution in [0.1, 0.15) is 16.2 Å². The van der Waals surface area contributed by atoms with Crippen LogP contribution in [0.15, 0.2) is 24.3 Å². The Hall–Kier alpha value is -2.18. The summed E-state index contributed by atoms with van der Waals surface area (Å²) in [6.07, 6.45) is 0. The number of fused-ring (bicyclic) bond motifs is 3. The summed E-state index contributed by atoms with van der Waals surface area (Å²) in [5, 5.41) is 18.1. The Bertz CT molecular complexity index is 812. The molecule has 0 saturated carbocycles. The van der Waals surface area contributed by atoms with E-state index in [0.29, 0.717) is 16.5 Å². The van der Waals surface area contributed by atoms with E-state index in [2.05, 4.69) is 10.2 Å². The van der Waals surface area contributed by atoms with Crippen LogP contribution in [0.25, 0.3) is 16.6 Å². The maximum Gasteiger partial charge on any atom is 0.278 e. The summed E-state index contributed by atoms with van der Waals surface area (Å²) in [6, 6.07) is 6.95. The number of halogens is 1. The summed E-state index contributed by atoms with van der Waals surface area (Å²) in [5.74, 6) is 0.00851. The second-order valence-electron chi connectivity index (χ2n) is 4.11. The molecule has 3 rings (SSSR count). The van der Waals surface area contributed by atoms with E-state index in [1.54, 1.807) is 35.0 Å². The van der Waals surface area contributed by atoms with Crippen molar-refractivity contribution in [1.29, 1.82) is 0 Å². The number of benzene rings is 1. The molecule has 1 aromatic carbocycles. The van der Waals surface area contributed by atoms with Crippen LogP contribution in [0, 0.1) is 6.92 Å². The molecule has 0 fully saturated rings. The molecule has 0 aliphatic heterocycles. The molecule has 19 heavy (non-hydrogen) atoms. The molecule has 0 atom stereocenters. The highest BCUT2D eigenvalue weighted by molar-refractivity contribution is 6.31. The van der Waals surface area contributed by atoms with Gasteiger partial charge in [-0.1, -0.05) is 11.6 Å². The molecule has 0 saturated heterocycles. The van der Waals surface area contributed by atoms with E-state index < -0.39 is 5.91 Å². The molecule has 2 heterocycles. The summed E-state index contributed by atoms with van der Waals surface area (Å²) in [7, 11) is 0. The van der Waals surface area contributed by atoms with Gasteiger partial charge < -0.3 is 0 Å². The van der Waals surface area contributed by atoms with E-state index in [1.807, 2.05) is 6.07 Å². The van der Waals surface area contributed by atoms with Gasteiger partial charge in [0.15, 0.2) is 5.65 Å². The Morgan fingerprint density at radius 2 is 2.16 bits per heavy atom. The maximum absolute atomic E-state index is 11.7. The van der Waals surface area contributed by atoms with Crippen LogP contribution in [0.2, 0.25) is 5.02 Å². The molecule has 96 valence electrons. The number of amides is 1. The first-order valence-corrected chi connectivity index (χ1v) is 5.88. The summed E-state index contributed by atoms with van der Waals surface area (Å²) in [4.78, 5) is 11.7. The van der Waals surface area contributed by atoms with Crippen LogP contribution in [0.3, 0.4) is 0 Å². The van der Waals surface area contributed by atoms with E-state index in [1.165, 1.54) is 0 Å². The second kappa shape index (κ2) is 4.18. The molecule has 0 radical (unpaired) electrons. The first-order chi connectivity index (χ1) is 9.11. The van der Waals surface area contributed by atoms with Gasteiger partial charge in [-0.05, 0) is 31.2 Å². The first-order valence-electron chi connectivity index (χ1n) is 5.50. The van der Waals surface area contributed by atoms with Gasteiger partial charge in [0.05, 0.1) is 11.1 Å². The van der Waals surface area contributed by atoms with E-state index >= 15 is 0 Å². The van der Waals surface area contributed by atoms with Gasteiger partial charge in [0, 0.05) is 10.4 Å². The third kappa shape index (κ3) is 1.73. The molecule has 2 N–H and O–H groups in total. The lowest BCUT2D eigenvalue weighted by atomic mass is 10.1. The highest BCUT2D eigenvalue weighted by Gasteiger charge is 2.16. The number of rotatable bonds is 1. The van der Waals surface area contributed by atoms with E-state index in [-0.39, 0.29) is 5.56 Å². The number of pyridine rings is 1. The fourth-order valence-corrected chi connectivity index (χ4v) is 2.30. The summed E-state index contributed by atoms with van der Waals surface area (Å²) in [5.41, 5.74) is 3.07. The number of aryl methyl sites for hydroxylation is 1. The Balaban J connectivity index is 2.51. The van der Waals surface area contributed by atoms with Crippen LogP contribution in [0.4, 0.5) is 0 Å². The fraction of sp³-hybridized carbons (Fsp3) is 0.0833. The first kappa shape index (κ1) is 11.9. The van der Waals surface area contributed by atoms with Crippen molar-refractivity contribution >= 4 is 34.1 Å². The molecule has 1 amide bonds. The zero-order chi connectivity index (χ0) is 13.6. The van der Waals surface area contributed by atoms with Crippen LogP contribution in [-0.2, 0) is 0 Å². The number of nitrogens with zero attached hydrogens (tertiary/aromatic N) is 3. The van der Waals surface area contributed by atoms with Gasteiger partial charge in [0.1, 0.15) is 5.82 Å². The lowest BCUT2D eigenvalue weighted by Gasteiger charge is -2.07. The number of aromatic nitrogens is 3. The van der Waals surface area contributed by atoms with E-state index in [9.17, 15) is 4.79 Å². The van der Waals surface area contributed by atoms with Gasteiger partial charge in [0.2, 0.25) is 0 Å². The van der Waals surface area contributed by atoms with Gasteiger partial charge >= 0.3 is 0 Å². The quantitative estimate of drug-likeness (QED) is 0.526. The maximum atomic E-state index is 11.7. The minimum Gasteiger partial charge on any atom is -0.288 e. The minimum atomic E-state index is -0.640. The average molecular weight is 277 g/mol. The average Bonchev–Trinajstić information content (AvgIpc) is 2.79. The van der Waals surface area contributed by atoms with E-state index in [0.717, 1.165) is 10.9 Å². The zero-order valence-electron chi connectivity index (χ0n) is 9.88. The molecule has 0 spiro atoms. The zero-order valence-corrected chi connectivity index (χ0v) is 10.6. The van der Waals surface area contributed by atoms with Crippen LogP contribution in [0.5, 0.6) is 0 Å². The number of nitrogens with one attached hydrogen (secondary N) is 1. The van der Waals surface area contributed by atoms with Crippen LogP contribution >= 0.6 is 11.6 Å². The normalized spacial score (nSPS) is 11.1. The Kier molecular flexibility index (Phi) is 2.62. The number of carbonyl (C=O) groups is 1. The number of hydrogen-bond acceptors (Lipinski definition) is 4. The largest absolute Gasteiger partial charge is 0.288 e. The number of hydroxylamine groups is 1. The van der Waals surface area contributed by atoms with Crippen molar-refractivity contribution in [3.63, 3.8) is 0 Å². The lowest BCUT2D eigenvalue weighted by molar-refractivity contribution is 0.0708. The minimum absolute atomic E-state index is 0.234. The Morgan fingerprint density at radius 3 is 2.89 bits per heavy atom. The Labute approximate surface area is 112 Å². The topological polar surface area (TPSA) is 79.5 Å². The van der Waals surface area contributed by atoms with Crippen LogP contribution < -0.4 is 5.48 Å². The molecule has 0 aliphatic carbocycles. The predicted molar refractivity (Wildman–Crippen MR) is 69.5 cm³/mol. The number of hydrogen-bond donors (Lipinski definition) is 2. The van der Waals surface area contributed by atoms with Crippen molar-refractivity contribution < 1.29 is 10.0 Å². The van der Waals surface area contributed by atoms with Crippen molar-refractivity contribution in [2.45, 2.75) is 6.92 Å². The predicted octanol–water partition coefficient (Wildman–Crippen LogP) is 1.96. The molecule has 0 aliphatic rings. The molecule has 3 aromatic rings. The van der Waals surface area contributed by atoms with Crippen LogP contribution in [-0.4, -0.2) is 25.7 Å². The van der Waals surface area contributed by atoms with Gasteiger partial charge in [-0.3, -0.25) is 14.4 Å². The number of carbonyl (C=O) groups excluding carboxylic acids is 1. The summed E-state index contributed by atoms with van der Waals surface area (Å²) in [6.45, 7) is 1.79. The second-order valence-corrected chi connectivity index (χ2v) is 4.54. The SMILES string of the molecule is Cc1nnc2c(C(=O)NO)cc3cc(Cl)ccc3n12. The lowest BCUT2D eigenvalue weighted by Crippen LogP contribution is -2.19. The van der Waals surface area contributed by atoms with Crippen molar-refractivity contribution in [3.05, 3.63) is 40.7 Å². The van der Waals surface area contributed by atoms with Crippen molar-refractivity contribution in [2.75, 3.05) is 0 Å². The van der Waals surface area contributed by atoms with Crippen molar-refractivity contribution in [1.82, 2.24) is 20.1 Å². The highest BCUT2D eigenvalue weighted by atomic mass is 35.5. The van der Waals surface area contributed by atoms with Crippen molar-refractivity contribution in [3.8, 4) is 0 Å². The standard InChI is InChI=1S/C12H9ClN4O2/c1-6-14-15-11-9(12(18)16-19)5-7-4-8(13)2-3-10(7)17(6)11/h2-5,19H,1H3,(H,16,18). The molecule has 6 nitrogen and oxygen atoms in total. The molecule has 2 aromatic heterocycles. The smallest absolute Gasteiger partial charge is 0.278 e. The Morgan fingerprint density at radius 1 is 1.37 bits per heavy atom. The third-order valence-corrected chi connectivity index (χ3v) is 3.18. The van der Waals surface area contributed by atoms with Gasteiger partial charge in [-0.15, -0.1) is 10.2 Å². The molecule has 0 bridgehead atoms. The fourth-order valence-electron chi connectivity index (χ4n) is 2.12. The highest BCUT2D eigenvalue weighted by Crippen LogP contribution is 2.24. The summed E-state index contributed by atoms with van der Waals surface area (Å²) >= 11 is 5.96. The van der Waals surface area contributed by atoms with Gasteiger partial charge in [-0.25, -0.2) is 5.48 Å². The third-order valence-electron chi connectivity index (χ3n) is 2.94. The molecular formula is C12H9ClN4O2. The van der Waals surface area contributed by atoms with Crippen molar-refractivity contribution in [2.24, 2.45) is 0 Å².